The molecular formula is C15H14BrF3N2O2. The highest BCUT2D eigenvalue weighted by atomic mass is 79.9. The molecule has 0 spiro atoms. The molecule has 1 atom stereocenters. The fraction of sp³-hybridized carbons (Fsp3) is 0.267. The minimum absolute atomic E-state index is 0.108. The number of hydrogen-bond acceptors (Lipinski definition) is 3. The second-order valence-corrected chi connectivity index (χ2v) is 5.85. The predicted molar refractivity (Wildman–Crippen MR) is 82.9 cm³/mol. The van der Waals surface area contributed by atoms with Gasteiger partial charge in [-0.25, -0.2) is 0 Å². The predicted octanol–water partition coefficient (Wildman–Crippen LogP) is 2.98. The van der Waals surface area contributed by atoms with E-state index in [2.05, 4.69) is 26.2 Å². The van der Waals surface area contributed by atoms with E-state index in [1.165, 1.54) is 18.3 Å². The second kappa shape index (κ2) is 7.29. The van der Waals surface area contributed by atoms with Crippen LogP contribution >= 0.6 is 15.9 Å². The summed E-state index contributed by atoms with van der Waals surface area (Å²) < 4.78 is 38.1. The maximum absolute atomic E-state index is 12.5. The van der Waals surface area contributed by atoms with Gasteiger partial charge in [-0.05, 0) is 39.7 Å². The topological polar surface area (TPSA) is 65.1 Å². The van der Waals surface area contributed by atoms with Gasteiger partial charge in [0.15, 0.2) is 0 Å². The van der Waals surface area contributed by atoms with Crippen molar-refractivity contribution < 1.29 is 18.3 Å². The summed E-state index contributed by atoms with van der Waals surface area (Å²) in [4.78, 5) is 14.1. The van der Waals surface area contributed by atoms with Gasteiger partial charge in [-0.3, -0.25) is 4.79 Å². The highest BCUT2D eigenvalue weighted by molar-refractivity contribution is 9.10. The van der Waals surface area contributed by atoms with E-state index in [1.807, 2.05) is 0 Å². The molecule has 0 amide bonds. The molecule has 0 radical (unpaired) electrons. The number of aliphatic hydroxyl groups excluding tert-OH is 1. The maximum atomic E-state index is 12.5. The molecule has 1 aromatic carbocycles. The molecule has 1 aromatic heterocycles. The van der Waals surface area contributed by atoms with Gasteiger partial charge in [0.2, 0.25) is 0 Å². The van der Waals surface area contributed by atoms with Gasteiger partial charge < -0.3 is 15.4 Å². The SMILES string of the molecule is O=c1[nH]cc(Br)cc1CNCC(O)c1ccc(C(F)(F)F)cc1. The lowest BCUT2D eigenvalue weighted by Gasteiger charge is -2.13. The van der Waals surface area contributed by atoms with E-state index in [1.54, 1.807) is 6.07 Å². The third kappa shape index (κ3) is 4.92. The van der Waals surface area contributed by atoms with Crippen LogP contribution < -0.4 is 10.9 Å². The lowest BCUT2D eigenvalue weighted by molar-refractivity contribution is -0.137. The van der Waals surface area contributed by atoms with Gasteiger partial charge in [-0.15, -0.1) is 0 Å². The number of pyridine rings is 1. The molecule has 0 saturated heterocycles. The first-order valence-corrected chi connectivity index (χ1v) is 7.49. The average Bonchev–Trinajstić information content (AvgIpc) is 2.50. The van der Waals surface area contributed by atoms with Crippen LogP contribution in [0.4, 0.5) is 13.2 Å². The van der Waals surface area contributed by atoms with Gasteiger partial charge in [0.25, 0.3) is 5.56 Å². The normalized spacial score (nSPS) is 13.1. The number of hydrogen-bond donors (Lipinski definition) is 3. The van der Waals surface area contributed by atoms with E-state index in [-0.39, 0.29) is 18.6 Å². The number of H-pyrrole nitrogens is 1. The van der Waals surface area contributed by atoms with Crippen LogP contribution in [0.5, 0.6) is 0 Å². The Bertz CT molecular complexity index is 714. The summed E-state index contributed by atoms with van der Waals surface area (Å²) in [7, 11) is 0. The Morgan fingerprint density at radius 3 is 2.52 bits per heavy atom. The molecule has 23 heavy (non-hydrogen) atoms. The Hall–Kier alpha value is -1.64. The molecule has 8 heteroatoms. The summed E-state index contributed by atoms with van der Waals surface area (Å²) in [6, 6.07) is 5.98. The third-order valence-corrected chi connectivity index (χ3v) is 3.68. The Kier molecular flexibility index (Phi) is 5.61. The smallest absolute Gasteiger partial charge is 0.387 e. The van der Waals surface area contributed by atoms with Crippen LogP contribution in [0.3, 0.4) is 0 Å². The summed E-state index contributed by atoms with van der Waals surface area (Å²) >= 11 is 3.24. The monoisotopic (exact) mass is 390 g/mol. The number of nitrogens with one attached hydrogen (secondary N) is 2. The molecule has 0 aliphatic rings. The van der Waals surface area contributed by atoms with E-state index in [4.69, 9.17) is 0 Å². The summed E-state index contributed by atoms with van der Waals surface area (Å²) in [5.41, 5.74) is -0.153. The number of alkyl halides is 3. The number of benzene rings is 1. The summed E-state index contributed by atoms with van der Waals surface area (Å²) in [6.45, 7) is 0.337. The zero-order valence-corrected chi connectivity index (χ0v) is 13.4. The molecule has 3 N–H and O–H groups in total. The van der Waals surface area contributed by atoms with Crippen LogP contribution in [0.1, 0.15) is 22.8 Å². The van der Waals surface area contributed by atoms with E-state index in [0.29, 0.717) is 11.1 Å². The van der Waals surface area contributed by atoms with Crippen molar-refractivity contribution >= 4 is 15.9 Å². The van der Waals surface area contributed by atoms with Gasteiger partial charge in [0.05, 0.1) is 11.7 Å². The maximum Gasteiger partial charge on any atom is 0.416 e. The number of aromatic amines is 1. The molecule has 0 fully saturated rings. The molecule has 2 rings (SSSR count). The second-order valence-electron chi connectivity index (χ2n) is 4.94. The van der Waals surface area contributed by atoms with Crippen molar-refractivity contribution in [2.75, 3.05) is 6.54 Å². The zero-order valence-electron chi connectivity index (χ0n) is 11.8. The Balaban J connectivity index is 1.93. The fourth-order valence-electron chi connectivity index (χ4n) is 1.99. The molecule has 124 valence electrons. The van der Waals surface area contributed by atoms with Crippen molar-refractivity contribution in [3.8, 4) is 0 Å². The molecule has 0 aliphatic carbocycles. The van der Waals surface area contributed by atoms with Crippen LogP contribution in [-0.4, -0.2) is 16.6 Å². The summed E-state index contributed by atoms with van der Waals surface area (Å²) in [5.74, 6) is 0. The van der Waals surface area contributed by atoms with E-state index >= 15 is 0 Å². The van der Waals surface area contributed by atoms with Crippen LogP contribution in [0.15, 0.2) is 45.8 Å². The first kappa shape index (κ1) is 17.7. The van der Waals surface area contributed by atoms with Crippen molar-refractivity contribution in [2.24, 2.45) is 0 Å². The lowest BCUT2D eigenvalue weighted by atomic mass is 10.1. The third-order valence-electron chi connectivity index (χ3n) is 3.22. The first-order valence-electron chi connectivity index (χ1n) is 6.70. The molecule has 1 unspecified atom stereocenters. The van der Waals surface area contributed by atoms with E-state index in [0.717, 1.165) is 16.6 Å². The quantitative estimate of drug-likeness (QED) is 0.735. The number of aliphatic hydroxyl groups is 1. The van der Waals surface area contributed by atoms with Crippen LogP contribution in [0.25, 0.3) is 0 Å². The first-order chi connectivity index (χ1) is 10.8. The molecule has 1 heterocycles. The Labute approximate surface area is 138 Å². The minimum atomic E-state index is -4.40. The number of aromatic nitrogens is 1. The summed E-state index contributed by atoms with van der Waals surface area (Å²) in [5, 5.41) is 12.9. The lowest BCUT2D eigenvalue weighted by Crippen LogP contribution is -2.25. The van der Waals surface area contributed by atoms with Gasteiger partial charge >= 0.3 is 6.18 Å². The average molecular weight is 391 g/mol. The number of halogens is 4. The Morgan fingerprint density at radius 1 is 1.26 bits per heavy atom. The highest BCUT2D eigenvalue weighted by Gasteiger charge is 2.30. The molecular weight excluding hydrogens is 377 g/mol. The van der Waals surface area contributed by atoms with Crippen molar-refractivity contribution in [1.29, 1.82) is 0 Å². The Morgan fingerprint density at radius 2 is 1.91 bits per heavy atom. The van der Waals surface area contributed by atoms with E-state index < -0.39 is 17.8 Å². The van der Waals surface area contributed by atoms with Crippen LogP contribution in [0.2, 0.25) is 0 Å². The van der Waals surface area contributed by atoms with Gasteiger partial charge in [0, 0.05) is 29.3 Å². The van der Waals surface area contributed by atoms with Gasteiger partial charge in [-0.1, -0.05) is 12.1 Å². The molecule has 4 nitrogen and oxygen atoms in total. The minimum Gasteiger partial charge on any atom is -0.387 e. The van der Waals surface area contributed by atoms with Crippen molar-refractivity contribution in [3.05, 3.63) is 68.0 Å². The number of rotatable bonds is 5. The molecule has 2 aromatic rings. The summed E-state index contributed by atoms with van der Waals surface area (Å²) in [6.07, 6.45) is -3.85. The van der Waals surface area contributed by atoms with Crippen LogP contribution in [-0.2, 0) is 12.7 Å². The fourth-order valence-corrected chi connectivity index (χ4v) is 2.38. The van der Waals surface area contributed by atoms with Crippen molar-refractivity contribution in [2.45, 2.75) is 18.8 Å². The van der Waals surface area contributed by atoms with Gasteiger partial charge in [-0.2, -0.15) is 13.2 Å². The van der Waals surface area contributed by atoms with Crippen molar-refractivity contribution in [3.63, 3.8) is 0 Å². The van der Waals surface area contributed by atoms with Crippen LogP contribution in [0, 0.1) is 0 Å². The largest absolute Gasteiger partial charge is 0.416 e. The van der Waals surface area contributed by atoms with Crippen molar-refractivity contribution in [1.82, 2.24) is 10.3 Å². The zero-order chi connectivity index (χ0) is 17.0. The molecule has 0 saturated carbocycles. The van der Waals surface area contributed by atoms with E-state index in [9.17, 15) is 23.1 Å². The standard InChI is InChI=1S/C15H14BrF3N2O2/c16-12-5-10(14(23)21-7-12)6-20-8-13(22)9-1-3-11(4-2-9)15(17,18)19/h1-5,7,13,20,22H,6,8H2,(H,21,23). The highest BCUT2D eigenvalue weighted by Crippen LogP contribution is 2.29. The van der Waals surface area contributed by atoms with Gasteiger partial charge in [0.1, 0.15) is 0 Å². The molecule has 0 bridgehead atoms. The molecule has 0 aliphatic heterocycles.